The van der Waals surface area contributed by atoms with Gasteiger partial charge in [-0.15, -0.1) is 0 Å². The van der Waals surface area contributed by atoms with Crippen molar-refractivity contribution in [2.75, 3.05) is 26.3 Å². The van der Waals surface area contributed by atoms with Crippen LogP contribution < -0.4 is 0 Å². The fraction of sp³-hybridized carbons (Fsp3) is 0.567. The highest BCUT2D eigenvalue weighted by molar-refractivity contribution is 7.89. The third-order valence-electron chi connectivity index (χ3n) is 7.54. The van der Waals surface area contributed by atoms with E-state index in [1.165, 1.54) is 16.4 Å². The van der Waals surface area contributed by atoms with E-state index in [2.05, 4.69) is 0 Å². The van der Waals surface area contributed by atoms with Crippen LogP contribution in [-0.4, -0.2) is 73.7 Å². The lowest BCUT2D eigenvalue weighted by molar-refractivity contribution is -0.195. The lowest BCUT2D eigenvalue weighted by Crippen LogP contribution is -2.43. The Balaban J connectivity index is 1.51. The second kappa shape index (κ2) is 14.0. The molecular formula is C30H41NO8S. The summed E-state index contributed by atoms with van der Waals surface area (Å²) in [6.45, 7) is 4.71. The van der Waals surface area contributed by atoms with Crippen LogP contribution in [0.1, 0.15) is 44.2 Å². The number of ether oxygens (including phenoxy) is 3. The number of nitrogens with zero attached hydrogens (tertiary/aromatic N) is 1. The van der Waals surface area contributed by atoms with Crippen molar-refractivity contribution in [2.45, 2.75) is 69.5 Å². The Morgan fingerprint density at radius 1 is 1.00 bits per heavy atom. The van der Waals surface area contributed by atoms with Gasteiger partial charge in [0.1, 0.15) is 6.10 Å². The van der Waals surface area contributed by atoms with Gasteiger partial charge in [-0.25, -0.2) is 8.42 Å². The van der Waals surface area contributed by atoms with E-state index in [1.54, 1.807) is 12.1 Å². The zero-order valence-electron chi connectivity index (χ0n) is 23.2. The number of hydrogen-bond donors (Lipinski definition) is 2. The largest absolute Gasteiger partial charge is 0.462 e. The fourth-order valence-corrected chi connectivity index (χ4v) is 7.04. The van der Waals surface area contributed by atoms with E-state index in [9.17, 15) is 23.4 Å². The van der Waals surface area contributed by atoms with Gasteiger partial charge in [0, 0.05) is 31.3 Å². The second-order valence-corrected chi connectivity index (χ2v) is 13.1. The third-order valence-corrected chi connectivity index (χ3v) is 9.39. The third kappa shape index (κ3) is 7.90. The maximum absolute atomic E-state index is 13.6. The van der Waals surface area contributed by atoms with Gasteiger partial charge in [-0.2, -0.15) is 4.31 Å². The summed E-state index contributed by atoms with van der Waals surface area (Å²) in [5.74, 6) is -0.979. The van der Waals surface area contributed by atoms with Gasteiger partial charge < -0.3 is 24.4 Å². The minimum Gasteiger partial charge on any atom is -0.462 e. The first-order chi connectivity index (χ1) is 19.2. The van der Waals surface area contributed by atoms with Crippen LogP contribution in [0.25, 0.3) is 0 Å². The summed E-state index contributed by atoms with van der Waals surface area (Å²) in [5, 5.41) is 20.8. The fourth-order valence-electron chi connectivity index (χ4n) is 5.42. The van der Waals surface area contributed by atoms with Crippen molar-refractivity contribution in [1.29, 1.82) is 0 Å². The van der Waals surface area contributed by atoms with Crippen molar-refractivity contribution in [1.82, 2.24) is 4.31 Å². The van der Waals surface area contributed by atoms with E-state index in [1.807, 2.05) is 44.2 Å². The number of aliphatic hydroxyl groups is 2. The molecule has 0 saturated carbocycles. The summed E-state index contributed by atoms with van der Waals surface area (Å²) >= 11 is 0. The number of sulfonamides is 1. The lowest BCUT2D eigenvalue weighted by Gasteiger charge is -2.33. The molecule has 220 valence electrons. The zero-order chi connectivity index (χ0) is 28.7. The molecule has 0 aromatic heterocycles. The molecule has 2 fully saturated rings. The van der Waals surface area contributed by atoms with Crippen LogP contribution in [0.3, 0.4) is 0 Å². The average molecular weight is 576 g/mol. The van der Waals surface area contributed by atoms with Crippen molar-refractivity contribution in [3.63, 3.8) is 0 Å². The molecule has 2 heterocycles. The van der Waals surface area contributed by atoms with Crippen LogP contribution in [0, 0.1) is 17.8 Å². The minimum atomic E-state index is -3.94. The average Bonchev–Trinajstić information content (AvgIpc) is 3.43. The van der Waals surface area contributed by atoms with Gasteiger partial charge in [-0.3, -0.25) is 4.79 Å². The molecule has 2 aliphatic rings. The van der Waals surface area contributed by atoms with Crippen molar-refractivity contribution in [2.24, 2.45) is 17.8 Å². The van der Waals surface area contributed by atoms with Gasteiger partial charge >= 0.3 is 5.97 Å². The molecule has 5 atom stereocenters. The molecule has 0 amide bonds. The first-order valence-corrected chi connectivity index (χ1v) is 15.5. The van der Waals surface area contributed by atoms with E-state index in [0.717, 1.165) is 12.0 Å². The highest BCUT2D eigenvalue weighted by atomic mass is 32.2. The molecule has 0 spiro atoms. The number of hydrogen-bond acceptors (Lipinski definition) is 8. The van der Waals surface area contributed by atoms with Gasteiger partial charge in [-0.05, 0) is 42.0 Å². The Kier molecular flexibility index (Phi) is 10.7. The standard InChI is InChI=1S/C30H41NO8S/c1-21(2)18-31(40(35,36)25-10-8-23(20-32)9-11-25)19-27(33)24(16-22-6-4-3-5-7-22)17-29(34)39-28-13-15-38-30-26(28)12-14-37-30/h3-11,21,24,26-28,30,32-33H,12-20H2,1-2H3/t24-,26+,27-,28+,30-/m1/s1. The van der Waals surface area contributed by atoms with Gasteiger partial charge in [0.05, 0.1) is 37.2 Å². The molecule has 4 rings (SSSR count). The van der Waals surface area contributed by atoms with E-state index < -0.39 is 28.0 Å². The number of esters is 1. The van der Waals surface area contributed by atoms with Crippen molar-refractivity contribution < 1.29 is 37.6 Å². The Morgan fingerprint density at radius 2 is 1.68 bits per heavy atom. The smallest absolute Gasteiger partial charge is 0.306 e. The Morgan fingerprint density at radius 3 is 2.33 bits per heavy atom. The van der Waals surface area contributed by atoms with Crippen molar-refractivity contribution in [3.8, 4) is 0 Å². The summed E-state index contributed by atoms with van der Waals surface area (Å²) in [4.78, 5) is 13.3. The van der Waals surface area contributed by atoms with Crippen molar-refractivity contribution >= 4 is 16.0 Å². The van der Waals surface area contributed by atoms with E-state index in [4.69, 9.17) is 14.2 Å². The molecule has 0 bridgehead atoms. The Labute approximate surface area is 237 Å². The molecule has 2 aromatic rings. The van der Waals surface area contributed by atoms with Crippen LogP contribution in [0.2, 0.25) is 0 Å². The normalized spacial score (nSPS) is 22.7. The quantitative estimate of drug-likeness (QED) is 0.350. The second-order valence-electron chi connectivity index (χ2n) is 11.1. The van der Waals surface area contributed by atoms with Crippen LogP contribution in [0.15, 0.2) is 59.5 Å². The summed E-state index contributed by atoms with van der Waals surface area (Å²) in [6, 6.07) is 15.6. The van der Waals surface area contributed by atoms with Crippen molar-refractivity contribution in [3.05, 3.63) is 65.7 Å². The summed E-state index contributed by atoms with van der Waals surface area (Å²) in [6.07, 6.45) is -0.0676. The number of rotatable bonds is 13. The van der Waals surface area contributed by atoms with Gasteiger partial charge in [0.2, 0.25) is 10.0 Å². The molecule has 2 aliphatic heterocycles. The molecule has 0 unspecified atom stereocenters. The molecule has 2 aromatic carbocycles. The van der Waals surface area contributed by atoms with E-state index in [0.29, 0.717) is 31.6 Å². The maximum atomic E-state index is 13.6. The van der Waals surface area contributed by atoms with Crippen LogP contribution in [0.4, 0.5) is 0 Å². The number of benzene rings is 2. The minimum absolute atomic E-state index is 0.000838. The van der Waals surface area contributed by atoms with Gasteiger partial charge in [-0.1, -0.05) is 56.3 Å². The van der Waals surface area contributed by atoms with Crippen LogP contribution in [0.5, 0.6) is 0 Å². The topological polar surface area (TPSA) is 123 Å². The molecule has 10 heteroatoms. The highest BCUT2D eigenvalue weighted by Crippen LogP contribution is 2.33. The van der Waals surface area contributed by atoms with Gasteiger partial charge in [0.15, 0.2) is 6.29 Å². The lowest BCUT2D eigenvalue weighted by atomic mass is 9.90. The molecule has 0 radical (unpaired) electrons. The Bertz CT molecular complexity index is 1190. The molecular weight excluding hydrogens is 534 g/mol. The van der Waals surface area contributed by atoms with Crippen LogP contribution >= 0.6 is 0 Å². The summed E-state index contributed by atoms with van der Waals surface area (Å²) in [5.41, 5.74) is 1.54. The Hall–Kier alpha value is -2.34. The van der Waals surface area contributed by atoms with E-state index in [-0.39, 0.29) is 55.2 Å². The van der Waals surface area contributed by atoms with Gasteiger partial charge in [0.25, 0.3) is 0 Å². The molecule has 2 N–H and O–H groups in total. The number of fused-ring (bicyclic) bond motifs is 1. The maximum Gasteiger partial charge on any atom is 0.306 e. The van der Waals surface area contributed by atoms with E-state index >= 15 is 0 Å². The SMILES string of the molecule is CC(C)CN(C[C@@H](O)[C@@H](CC(=O)O[C@H]1CCO[C@H]2OCC[C@H]21)Cc1ccccc1)S(=O)(=O)c1ccc(CO)cc1. The zero-order valence-corrected chi connectivity index (χ0v) is 24.0. The molecule has 2 saturated heterocycles. The number of aliphatic hydroxyl groups excluding tert-OH is 2. The molecule has 40 heavy (non-hydrogen) atoms. The summed E-state index contributed by atoms with van der Waals surface area (Å²) < 4.78 is 45.6. The first-order valence-electron chi connectivity index (χ1n) is 14.0. The predicted octanol–water partition coefficient (Wildman–Crippen LogP) is 3.13. The summed E-state index contributed by atoms with van der Waals surface area (Å²) in [7, 11) is -3.94. The monoisotopic (exact) mass is 575 g/mol. The highest BCUT2D eigenvalue weighted by Gasteiger charge is 2.41. The number of carbonyl (C=O) groups excluding carboxylic acids is 1. The first kappa shape index (κ1) is 30.6. The predicted molar refractivity (Wildman–Crippen MR) is 149 cm³/mol. The molecule has 0 aliphatic carbocycles. The number of carbonyl (C=O) groups is 1. The van der Waals surface area contributed by atoms with Crippen LogP contribution in [-0.2, 0) is 42.1 Å². The molecule has 9 nitrogen and oxygen atoms in total.